The smallest absolute Gasteiger partial charge is 0.137 e. The molecule has 0 spiro atoms. The van der Waals surface area contributed by atoms with Crippen molar-refractivity contribution in [1.82, 2.24) is 0 Å². The molecule has 0 unspecified atom stereocenters. The average Bonchev–Trinajstić information content (AvgIpc) is 2.32. The molecule has 0 radical (unpaired) electrons. The fourth-order valence-corrected chi connectivity index (χ4v) is 1.66. The van der Waals surface area contributed by atoms with Gasteiger partial charge in [0.2, 0.25) is 0 Å². The molecular weight excluding hydrogens is 269 g/mol. The third-order valence-electron chi connectivity index (χ3n) is 2.25. The normalized spacial score (nSPS) is 10.1. The van der Waals surface area contributed by atoms with E-state index >= 15 is 0 Å². The Morgan fingerprint density at radius 3 is 2.50 bits per heavy atom. The zero-order chi connectivity index (χ0) is 11.4. The van der Waals surface area contributed by atoms with Crippen molar-refractivity contribution in [3.8, 4) is 0 Å². The molecular formula is C13H11BrFN. The summed E-state index contributed by atoms with van der Waals surface area (Å²) in [6.45, 7) is 0.619. The summed E-state index contributed by atoms with van der Waals surface area (Å²) in [5.74, 6) is -0.229. The quantitative estimate of drug-likeness (QED) is 0.888. The topological polar surface area (TPSA) is 12.0 Å². The van der Waals surface area contributed by atoms with Gasteiger partial charge >= 0.3 is 0 Å². The van der Waals surface area contributed by atoms with E-state index in [2.05, 4.69) is 21.2 Å². The lowest BCUT2D eigenvalue weighted by Gasteiger charge is -2.06. The molecule has 3 heteroatoms. The molecule has 0 aliphatic heterocycles. The lowest BCUT2D eigenvalue weighted by molar-refractivity contribution is 0.619. The van der Waals surface area contributed by atoms with Crippen LogP contribution >= 0.6 is 15.9 Å². The van der Waals surface area contributed by atoms with Crippen LogP contribution in [0.4, 0.5) is 10.1 Å². The molecule has 0 bridgehead atoms. The Morgan fingerprint density at radius 2 is 1.81 bits per heavy atom. The SMILES string of the molecule is Fc1cc(CNc2ccccc2)ccc1Br. The molecule has 0 aliphatic carbocycles. The second-order valence-corrected chi connectivity index (χ2v) is 4.32. The molecule has 2 aromatic rings. The van der Waals surface area contributed by atoms with Crippen molar-refractivity contribution >= 4 is 21.6 Å². The third-order valence-corrected chi connectivity index (χ3v) is 2.90. The molecule has 0 amide bonds. The Kier molecular flexibility index (Phi) is 3.57. The van der Waals surface area contributed by atoms with Gasteiger partial charge in [0.15, 0.2) is 0 Å². The van der Waals surface area contributed by atoms with E-state index < -0.39 is 0 Å². The van der Waals surface area contributed by atoms with Crippen LogP contribution in [0.3, 0.4) is 0 Å². The van der Waals surface area contributed by atoms with Gasteiger partial charge in [-0.05, 0) is 45.8 Å². The van der Waals surface area contributed by atoms with Crippen molar-refractivity contribution in [3.05, 3.63) is 64.4 Å². The summed E-state index contributed by atoms with van der Waals surface area (Å²) in [6.07, 6.45) is 0. The van der Waals surface area contributed by atoms with Crippen LogP contribution in [0.25, 0.3) is 0 Å². The van der Waals surface area contributed by atoms with Crippen LogP contribution in [-0.2, 0) is 6.54 Å². The minimum atomic E-state index is -0.229. The van der Waals surface area contributed by atoms with E-state index in [4.69, 9.17) is 0 Å². The largest absolute Gasteiger partial charge is 0.381 e. The molecule has 1 nitrogen and oxygen atoms in total. The van der Waals surface area contributed by atoms with Crippen LogP contribution in [0.1, 0.15) is 5.56 Å². The van der Waals surface area contributed by atoms with Gasteiger partial charge in [-0.25, -0.2) is 4.39 Å². The summed E-state index contributed by atoms with van der Waals surface area (Å²) < 4.78 is 13.7. The Labute approximate surface area is 102 Å². The van der Waals surface area contributed by atoms with Crippen molar-refractivity contribution in [2.75, 3.05) is 5.32 Å². The van der Waals surface area contributed by atoms with E-state index in [-0.39, 0.29) is 5.82 Å². The first kappa shape index (κ1) is 11.1. The highest BCUT2D eigenvalue weighted by Crippen LogP contribution is 2.17. The molecule has 0 saturated carbocycles. The predicted molar refractivity (Wildman–Crippen MR) is 67.9 cm³/mol. The number of nitrogens with one attached hydrogen (secondary N) is 1. The van der Waals surface area contributed by atoms with E-state index in [9.17, 15) is 4.39 Å². The summed E-state index contributed by atoms with van der Waals surface area (Å²) in [5, 5.41) is 3.23. The highest BCUT2D eigenvalue weighted by Gasteiger charge is 2.00. The van der Waals surface area contributed by atoms with Gasteiger partial charge in [-0.3, -0.25) is 0 Å². The maximum Gasteiger partial charge on any atom is 0.137 e. The van der Waals surface area contributed by atoms with Gasteiger partial charge in [-0.15, -0.1) is 0 Å². The van der Waals surface area contributed by atoms with Crippen LogP contribution < -0.4 is 5.32 Å². The van der Waals surface area contributed by atoms with E-state index in [0.29, 0.717) is 11.0 Å². The maximum atomic E-state index is 13.2. The van der Waals surface area contributed by atoms with Gasteiger partial charge < -0.3 is 5.32 Å². The zero-order valence-corrected chi connectivity index (χ0v) is 10.2. The summed E-state index contributed by atoms with van der Waals surface area (Å²) in [5.41, 5.74) is 1.95. The number of hydrogen-bond acceptors (Lipinski definition) is 1. The number of halogens is 2. The lowest BCUT2D eigenvalue weighted by atomic mass is 10.2. The standard InChI is InChI=1S/C13H11BrFN/c14-12-7-6-10(8-13(12)15)9-16-11-4-2-1-3-5-11/h1-8,16H,9H2. The first-order valence-corrected chi connectivity index (χ1v) is 5.78. The van der Waals surface area contributed by atoms with Gasteiger partial charge in [0.05, 0.1) is 4.47 Å². The monoisotopic (exact) mass is 279 g/mol. The van der Waals surface area contributed by atoms with Crippen molar-refractivity contribution in [2.45, 2.75) is 6.54 Å². The van der Waals surface area contributed by atoms with Crippen molar-refractivity contribution < 1.29 is 4.39 Å². The average molecular weight is 280 g/mol. The first-order valence-electron chi connectivity index (χ1n) is 4.98. The molecule has 0 saturated heterocycles. The summed E-state index contributed by atoms with van der Waals surface area (Å²) in [4.78, 5) is 0. The van der Waals surface area contributed by atoms with Crippen LogP contribution in [0.15, 0.2) is 53.0 Å². The minimum Gasteiger partial charge on any atom is -0.381 e. The number of hydrogen-bond donors (Lipinski definition) is 1. The molecule has 82 valence electrons. The van der Waals surface area contributed by atoms with Crippen LogP contribution in [-0.4, -0.2) is 0 Å². The Morgan fingerprint density at radius 1 is 1.06 bits per heavy atom. The number of rotatable bonds is 3. The molecule has 2 aromatic carbocycles. The molecule has 0 fully saturated rings. The summed E-state index contributed by atoms with van der Waals surface area (Å²) in [6, 6.07) is 15.0. The van der Waals surface area contributed by atoms with Gasteiger partial charge in [-0.2, -0.15) is 0 Å². The van der Waals surface area contributed by atoms with Crippen LogP contribution in [0, 0.1) is 5.82 Å². The van der Waals surface area contributed by atoms with Gasteiger partial charge in [0.25, 0.3) is 0 Å². The van der Waals surface area contributed by atoms with E-state index in [1.165, 1.54) is 6.07 Å². The molecule has 0 aliphatic rings. The second-order valence-electron chi connectivity index (χ2n) is 3.47. The Balaban J connectivity index is 2.03. The highest BCUT2D eigenvalue weighted by molar-refractivity contribution is 9.10. The number of para-hydroxylation sites is 1. The van der Waals surface area contributed by atoms with Crippen LogP contribution in [0.5, 0.6) is 0 Å². The summed E-state index contributed by atoms with van der Waals surface area (Å²) >= 11 is 3.13. The molecule has 0 heterocycles. The number of benzene rings is 2. The van der Waals surface area contributed by atoms with Crippen molar-refractivity contribution in [2.24, 2.45) is 0 Å². The minimum absolute atomic E-state index is 0.229. The fourth-order valence-electron chi connectivity index (χ4n) is 1.41. The molecule has 0 aromatic heterocycles. The molecule has 2 rings (SSSR count). The molecule has 1 N–H and O–H groups in total. The second kappa shape index (κ2) is 5.12. The van der Waals surface area contributed by atoms with E-state index in [0.717, 1.165) is 11.3 Å². The van der Waals surface area contributed by atoms with E-state index in [1.54, 1.807) is 6.07 Å². The predicted octanol–water partition coefficient (Wildman–Crippen LogP) is 4.20. The first-order chi connectivity index (χ1) is 7.75. The number of anilines is 1. The zero-order valence-electron chi connectivity index (χ0n) is 8.58. The highest BCUT2D eigenvalue weighted by atomic mass is 79.9. The van der Waals surface area contributed by atoms with E-state index in [1.807, 2.05) is 36.4 Å². The molecule has 0 atom stereocenters. The van der Waals surface area contributed by atoms with Gasteiger partial charge in [0, 0.05) is 12.2 Å². The third kappa shape index (κ3) is 2.83. The Hall–Kier alpha value is -1.35. The lowest BCUT2D eigenvalue weighted by Crippen LogP contribution is -1.99. The Bertz CT molecular complexity index is 471. The van der Waals surface area contributed by atoms with Gasteiger partial charge in [0.1, 0.15) is 5.82 Å². The van der Waals surface area contributed by atoms with Crippen molar-refractivity contribution in [3.63, 3.8) is 0 Å². The van der Waals surface area contributed by atoms with Gasteiger partial charge in [-0.1, -0.05) is 24.3 Å². The maximum absolute atomic E-state index is 13.2. The fraction of sp³-hybridized carbons (Fsp3) is 0.0769. The summed E-state index contributed by atoms with van der Waals surface area (Å²) in [7, 11) is 0. The van der Waals surface area contributed by atoms with Crippen LogP contribution in [0.2, 0.25) is 0 Å². The molecule has 16 heavy (non-hydrogen) atoms. The van der Waals surface area contributed by atoms with Crippen molar-refractivity contribution in [1.29, 1.82) is 0 Å².